The van der Waals surface area contributed by atoms with E-state index in [0.29, 0.717) is 13.2 Å². The summed E-state index contributed by atoms with van der Waals surface area (Å²) < 4.78 is 7.52. The van der Waals surface area contributed by atoms with Gasteiger partial charge in [0.15, 0.2) is 0 Å². The molecule has 0 amide bonds. The van der Waals surface area contributed by atoms with Crippen LogP contribution in [0.2, 0.25) is 0 Å². The molecule has 24 heavy (non-hydrogen) atoms. The minimum atomic E-state index is -0.126. The van der Waals surface area contributed by atoms with Gasteiger partial charge in [-0.2, -0.15) is 0 Å². The maximum atomic E-state index is 6.11. The average Bonchev–Trinajstić information content (AvgIpc) is 3.09. The Balaban J connectivity index is 1.43. The van der Waals surface area contributed by atoms with Crippen LogP contribution in [0.15, 0.2) is 66.9 Å². The van der Waals surface area contributed by atoms with E-state index >= 15 is 0 Å². The number of hydrogen-bond acceptors (Lipinski definition) is 4. The highest BCUT2D eigenvalue weighted by atomic mass is 16.5. The van der Waals surface area contributed by atoms with Gasteiger partial charge in [-0.15, -0.1) is 5.10 Å². The standard InChI is InChI=1S/C19H22N4O/c20-19(17-9-5-2-6-10-17)15-24-14-18-13-23(22-21-18)12-11-16-7-3-1-4-8-16/h1-10,13,19H,11-12,14-15,20H2/t19-/m1/s1. The Labute approximate surface area is 142 Å². The van der Waals surface area contributed by atoms with Crippen LogP contribution in [0, 0.1) is 0 Å². The van der Waals surface area contributed by atoms with Crippen molar-refractivity contribution in [1.82, 2.24) is 15.0 Å². The van der Waals surface area contributed by atoms with Crippen molar-refractivity contribution in [2.24, 2.45) is 5.73 Å². The molecular weight excluding hydrogens is 300 g/mol. The first kappa shape index (κ1) is 16.4. The van der Waals surface area contributed by atoms with Crippen LogP contribution in [0.1, 0.15) is 22.9 Å². The van der Waals surface area contributed by atoms with Gasteiger partial charge in [-0.25, -0.2) is 0 Å². The number of benzene rings is 2. The number of rotatable bonds is 8. The molecule has 0 aliphatic rings. The second-order valence-corrected chi connectivity index (χ2v) is 5.74. The zero-order valence-electron chi connectivity index (χ0n) is 13.6. The molecule has 124 valence electrons. The molecule has 0 saturated heterocycles. The Morgan fingerprint density at radius 2 is 1.71 bits per heavy atom. The summed E-state index contributed by atoms with van der Waals surface area (Å²) in [5.74, 6) is 0. The molecule has 3 aromatic rings. The number of aromatic nitrogens is 3. The molecule has 0 unspecified atom stereocenters. The summed E-state index contributed by atoms with van der Waals surface area (Å²) in [6.45, 7) is 1.69. The SMILES string of the molecule is N[C@H](COCc1cn(CCc2ccccc2)nn1)c1ccccc1. The summed E-state index contributed by atoms with van der Waals surface area (Å²) in [5, 5.41) is 8.29. The predicted octanol–water partition coefficient (Wildman–Crippen LogP) is 2.74. The fraction of sp³-hybridized carbons (Fsp3) is 0.263. The molecule has 0 saturated carbocycles. The minimum absolute atomic E-state index is 0.126. The normalized spacial score (nSPS) is 12.2. The summed E-state index contributed by atoms with van der Waals surface area (Å²) in [6.07, 6.45) is 2.86. The van der Waals surface area contributed by atoms with Gasteiger partial charge in [0.2, 0.25) is 0 Å². The largest absolute Gasteiger partial charge is 0.373 e. The Kier molecular flexibility index (Phi) is 5.71. The summed E-state index contributed by atoms with van der Waals surface area (Å²) in [5.41, 5.74) is 9.30. The molecule has 1 heterocycles. The molecule has 0 fully saturated rings. The highest BCUT2D eigenvalue weighted by molar-refractivity contribution is 5.18. The van der Waals surface area contributed by atoms with Crippen LogP contribution >= 0.6 is 0 Å². The Hall–Kier alpha value is -2.50. The summed E-state index contributed by atoms with van der Waals surface area (Å²) in [6, 6.07) is 20.2. The Morgan fingerprint density at radius 3 is 2.46 bits per heavy atom. The highest BCUT2D eigenvalue weighted by Crippen LogP contribution is 2.10. The maximum Gasteiger partial charge on any atom is 0.108 e. The third-order valence-corrected chi connectivity index (χ3v) is 3.83. The first-order valence-electron chi connectivity index (χ1n) is 8.12. The van der Waals surface area contributed by atoms with E-state index in [9.17, 15) is 0 Å². The van der Waals surface area contributed by atoms with E-state index in [-0.39, 0.29) is 6.04 Å². The van der Waals surface area contributed by atoms with E-state index in [1.54, 1.807) is 0 Å². The van der Waals surface area contributed by atoms with Crippen molar-refractivity contribution in [2.75, 3.05) is 6.61 Å². The average molecular weight is 322 g/mol. The van der Waals surface area contributed by atoms with Crippen molar-refractivity contribution in [3.63, 3.8) is 0 Å². The first-order chi connectivity index (χ1) is 11.8. The Morgan fingerprint density at radius 1 is 1.00 bits per heavy atom. The summed E-state index contributed by atoms with van der Waals surface area (Å²) in [4.78, 5) is 0. The number of aryl methyl sites for hydroxylation is 2. The van der Waals surface area contributed by atoms with Gasteiger partial charge in [0.05, 0.1) is 25.5 Å². The number of hydrogen-bond donors (Lipinski definition) is 1. The molecule has 3 rings (SSSR count). The van der Waals surface area contributed by atoms with Crippen molar-refractivity contribution in [2.45, 2.75) is 25.6 Å². The van der Waals surface area contributed by atoms with Crippen LogP contribution < -0.4 is 5.73 Å². The van der Waals surface area contributed by atoms with Crippen LogP contribution in [-0.2, 0) is 24.3 Å². The van der Waals surface area contributed by atoms with Gasteiger partial charge in [-0.1, -0.05) is 65.9 Å². The lowest BCUT2D eigenvalue weighted by molar-refractivity contribution is 0.105. The third kappa shape index (κ3) is 4.75. The lowest BCUT2D eigenvalue weighted by atomic mass is 10.1. The van der Waals surface area contributed by atoms with Crippen molar-refractivity contribution in [3.05, 3.63) is 83.7 Å². The monoisotopic (exact) mass is 322 g/mol. The van der Waals surface area contributed by atoms with Crippen molar-refractivity contribution in [1.29, 1.82) is 0 Å². The zero-order valence-corrected chi connectivity index (χ0v) is 13.6. The molecule has 0 aliphatic carbocycles. The zero-order chi connectivity index (χ0) is 16.6. The van der Waals surface area contributed by atoms with E-state index < -0.39 is 0 Å². The maximum absolute atomic E-state index is 6.11. The lowest BCUT2D eigenvalue weighted by Crippen LogP contribution is -2.17. The van der Waals surface area contributed by atoms with Gasteiger partial charge < -0.3 is 10.5 Å². The lowest BCUT2D eigenvalue weighted by Gasteiger charge is -2.11. The number of nitrogens with zero attached hydrogens (tertiary/aromatic N) is 3. The van der Waals surface area contributed by atoms with Gasteiger partial charge in [-0.05, 0) is 17.5 Å². The molecule has 1 aromatic heterocycles. The molecule has 2 aromatic carbocycles. The van der Waals surface area contributed by atoms with Gasteiger partial charge in [0.25, 0.3) is 0 Å². The number of ether oxygens (including phenoxy) is 1. The van der Waals surface area contributed by atoms with Crippen LogP contribution in [0.5, 0.6) is 0 Å². The summed E-state index contributed by atoms with van der Waals surface area (Å²) in [7, 11) is 0. The molecule has 0 spiro atoms. The molecule has 5 heteroatoms. The van der Waals surface area contributed by atoms with Crippen LogP contribution in [0.3, 0.4) is 0 Å². The third-order valence-electron chi connectivity index (χ3n) is 3.83. The molecular formula is C19H22N4O. The highest BCUT2D eigenvalue weighted by Gasteiger charge is 2.07. The smallest absolute Gasteiger partial charge is 0.108 e. The van der Waals surface area contributed by atoms with E-state index in [2.05, 4.69) is 22.4 Å². The molecule has 5 nitrogen and oxygen atoms in total. The molecule has 2 N–H and O–H groups in total. The summed E-state index contributed by atoms with van der Waals surface area (Å²) >= 11 is 0. The molecule has 0 radical (unpaired) electrons. The van der Waals surface area contributed by atoms with Crippen LogP contribution in [0.4, 0.5) is 0 Å². The van der Waals surface area contributed by atoms with Gasteiger partial charge in [0.1, 0.15) is 5.69 Å². The fourth-order valence-corrected chi connectivity index (χ4v) is 2.49. The molecule has 0 aliphatic heterocycles. The van der Waals surface area contributed by atoms with Crippen LogP contribution in [-0.4, -0.2) is 21.6 Å². The van der Waals surface area contributed by atoms with Gasteiger partial charge in [0, 0.05) is 6.54 Å². The Bertz CT molecular complexity index is 727. The quantitative estimate of drug-likeness (QED) is 0.692. The topological polar surface area (TPSA) is 66.0 Å². The van der Waals surface area contributed by atoms with Crippen molar-refractivity contribution >= 4 is 0 Å². The minimum Gasteiger partial charge on any atom is -0.373 e. The molecule has 1 atom stereocenters. The fourth-order valence-electron chi connectivity index (χ4n) is 2.49. The van der Waals surface area contributed by atoms with E-state index in [1.807, 2.05) is 59.4 Å². The van der Waals surface area contributed by atoms with Gasteiger partial charge >= 0.3 is 0 Å². The number of nitrogens with two attached hydrogens (primary N) is 1. The van der Waals surface area contributed by atoms with Crippen molar-refractivity contribution in [3.8, 4) is 0 Å². The second kappa shape index (κ2) is 8.38. The van der Waals surface area contributed by atoms with Crippen molar-refractivity contribution < 1.29 is 4.74 Å². The predicted molar refractivity (Wildman–Crippen MR) is 93.2 cm³/mol. The van der Waals surface area contributed by atoms with E-state index in [1.165, 1.54) is 5.56 Å². The first-order valence-corrected chi connectivity index (χ1v) is 8.12. The van der Waals surface area contributed by atoms with Crippen LogP contribution in [0.25, 0.3) is 0 Å². The van der Waals surface area contributed by atoms with Gasteiger partial charge in [-0.3, -0.25) is 4.68 Å². The second-order valence-electron chi connectivity index (χ2n) is 5.74. The van der Waals surface area contributed by atoms with E-state index in [0.717, 1.165) is 24.2 Å². The van der Waals surface area contributed by atoms with E-state index in [4.69, 9.17) is 10.5 Å². The molecule has 0 bridgehead atoms.